The zero-order valence-electron chi connectivity index (χ0n) is 12.3. The Morgan fingerprint density at radius 1 is 1.16 bits per heavy atom. The highest BCUT2D eigenvalue weighted by atomic mass is 16.5. The van der Waals surface area contributed by atoms with Crippen LogP contribution in [0.15, 0.2) is 0 Å². The van der Waals surface area contributed by atoms with Gasteiger partial charge in [-0.05, 0) is 51.5 Å². The average Bonchev–Trinajstić information content (AvgIpc) is 2.44. The molecule has 0 amide bonds. The molecule has 2 heterocycles. The summed E-state index contributed by atoms with van der Waals surface area (Å²) in [4.78, 5) is 0. The summed E-state index contributed by atoms with van der Waals surface area (Å²) in [6, 6.07) is 0.634. The minimum atomic E-state index is 0.115. The van der Waals surface area contributed by atoms with Crippen LogP contribution in [0, 0.1) is 0 Å². The maximum absolute atomic E-state index is 6.06. The van der Waals surface area contributed by atoms with Crippen LogP contribution in [0.2, 0.25) is 0 Å². The molecule has 4 nitrogen and oxygen atoms in total. The fourth-order valence-corrected chi connectivity index (χ4v) is 3.15. The van der Waals surface area contributed by atoms with Crippen LogP contribution in [0.25, 0.3) is 0 Å². The Morgan fingerprint density at radius 2 is 2.00 bits per heavy atom. The molecule has 112 valence electrons. The quantitative estimate of drug-likeness (QED) is 0.720. The molecule has 0 bridgehead atoms. The first-order valence-electron chi connectivity index (χ1n) is 7.79. The van der Waals surface area contributed by atoms with Crippen molar-refractivity contribution in [2.24, 2.45) is 0 Å². The largest absolute Gasteiger partial charge is 0.385 e. The van der Waals surface area contributed by atoms with Crippen molar-refractivity contribution in [1.29, 1.82) is 0 Å². The van der Waals surface area contributed by atoms with E-state index in [2.05, 4.69) is 5.32 Å². The van der Waals surface area contributed by atoms with E-state index in [-0.39, 0.29) is 5.60 Å². The van der Waals surface area contributed by atoms with Gasteiger partial charge in [-0.15, -0.1) is 0 Å². The van der Waals surface area contributed by atoms with Crippen molar-refractivity contribution in [2.45, 2.75) is 56.6 Å². The predicted molar refractivity (Wildman–Crippen MR) is 75.5 cm³/mol. The van der Waals surface area contributed by atoms with Gasteiger partial charge < -0.3 is 19.5 Å². The Morgan fingerprint density at radius 3 is 2.79 bits per heavy atom. The summed E-state index contributed by atoms with van der Waals surface area (Å²) >= 11 is 0. The molecule has 2 fully saturated rings. The SMILES string of the molecule is COCCCCCNC1CCOC2(CCOCC2)C1. The Kier molecular flexibility index (Phi) is 6.57. The van der Waals surface area contributed by atoms with Crippen LogP contribution < -0.4 is 5.32 Å². The van der Waals surface area contributed by atoms with Gasteiger partial charge in [0.1, 0.15) is 0 Å². The molecule has 0 radical (unpaired) electrons. The molecule has 1 N–H and O–H groups in total. The van der Waals surface area contributed by atoms with Crippen LogP contribution >= 0.6 is 0 Å². The summed E-state index contributed by atoms with van der Waals surface area (Å²) in [5.74, 6) is 0. The zero-order valence-corrected chi connectivity index (χ0v) is 12.3. The minimum absolute atomic E-state index is 0.115. The zero-order chi connectivity index (χ0) is 13.4. The lowest BCUT2D eigenvalue weighted by molar-refractivity contribution is -0.140. The van der Waals surface area contributed by atoms with Crippen molar-refractivity contribution in [1.82, 2.24) is 5.32 Å². The number of nitrogens with one attached hydrogen (secondary N) is 1. The second-order valence-corrected chi connectivity index (χ2v) is 5.84. The van der Waals surface area contributed by atoms with Gasteiger partial charge in [-0.25, -0.2) is 0 Å². The summed E-state index contributed by atoms with van der Waals surface area (Å²) in [5, 5.41) is 3.71. The Balaban J connectivity index is 1.61. The van der Waals surface area contributed by atoms with Gasteiger partial charge in [-0.2, -0.15) is 0 Å². The van der Waals surface area contributed by atoms with Crippen LogP contribution in [0.5, 0.6) is 0 Å². The molecule has 2 aliphatic rings. The van der Waals surface area contributed by atoms with Crippen molar-refractivity contribution in [2.75, 3.05) is 40.1 Å². The summed E-state index contributed by atoms with van der Waals surface area (Å²) in [6.07, 6.45) is 8.13. The van der Waals surface area contributed by atoms with Gasteiger partial charge in [0, 0.05) is 39.6 Å². The molecule has 0 aromatic carbocycles. The topological polar surface area (TPSA) is 39.7 Å². The highest BCUT2D eigenvalue weighted by Crippen LogP contribution is 2.34. The van der Waals surface area contributed by atoms with Crippen molar-refractivity contribution in [3.63, 3.8) is 0 Å². The van der Waals surface area contributed by atoms with E-state index in [4.69, 9.17) is 14.2 Å². The van der Waals surface area contributed by atoms with Gasteiger partial charge in [0.05, 0.1) is 5.60 Å². The molecule has 0 saturated carbocycles. The molecule has 19 heavy (non-hydrogen) atoms. The molecule has 0 aliphatic carbocycles. The first kappa shape index (κ1) is 15.2. The molecule has 2 saturated heterocycles. The van der Waals surface area contributed by atoms with E-state index in [0.717, 1.165) is 58.7 Å². The molecular weight excluding hydrogens is 242 g/mol. The third kappa shape index (κ3) is 5.03. The third-order valence-corrected chi connectivity index (χ3v) is 4.36. The Bertz CT molecular complexity index is 236. The fourth-order valence-electron chi connectivity index (χ4n) is 3.15. The van der Waals surface area contributed by atoms with Gasteiger partial charge in [0.2, 0.25) is 0 Å². The fraction of sp³-hybridized carbons (Fsp3) is 1.00. The molecular formula is C15H29NO3. The molecule has 1 atom stereocenters. The van der Waals surface area contributed by atoms with Crippen LogP contribution in [0.3, 0.4) is 0 Å². The van der Waals surface area contributed by atoms with Crippen molar-refractivity contribution in [3.8, 4) is 0 Å². The lowest BCUT2D eigenvalue weighted by Gasteiger charge is -2.43. The van der Waals surface area contributed by atoms with Crippen LogP contribution in [0.1, 0.15) is 44.9 Å². The first-order chi connectivity index (χ1) is 9.35. The maximum atomic E-state index is 6.06. The smallest absolute Gasteiger partial charge is 0.0741 e. The van der Waals surface area contributed by atoms with E-state index in [9.17, 15) is 0 Å². The van der Waals surface area contributed by atoms with Gasteiger partial charge in [-0.1, -0.05) is 0 Å². The summed E-state index contributed by atoms with van der Waals surface area (Å²) in [5.41, 5.74) is 0.115. The second kappa shape index (κ2) is 8.20. The number of hydrogen-bond acceptors (Lipinski definition) is 4. The predicted octanol–water partition coefficient (Wildman–Crippen LogP) is 2.12. The van der Waals surface area contributed by atoms with Crippen molar-refractivity contribution < 1.29 is 14.2 Å². The van der Waals surface area contributed by atoms with Crippen LogP contribution in [0.4, 0.5) is 0 Å². The van der Waals surface area contributed by atoms with E-state index in [1.807, 2.05) is 0 Å². The highest BCUT2D eigenvalue weighted by Gasteiger charge is 2.38. The molecule has 2 aliphatic heterocycles. The van der Waals surface area contributed by atoms with Gasteiger partial charge in [0.15, 0.2) is 0 Å². The molecule has 1 spiro atoms. The van der Waals surface area contributed by atoms with E-state index in [1.165, 1.54) is 19.3 Å². The van der Waals surface area contributed by atoms with E-state index >= 15 is 0 Å². The van der Waals surface area contributed by atoms with Crippen LogP contribution in [-0.2, 0) is 14.2 Å². The molecule has 2 rings (SSSR count). The van der Waals surface area contributed by atoms with E-state index in [1.54, 1.807) is 7.11 Å². The molecule has 1 unspecified atom stereocenters. The Labute approximate surface area is 117 Å². The van der Waals surface area contributed by atoms with Crippen molar-refractivity contribution >= 4 is 0 Å². The van der Waals surface area contributed by atoms with Gasteiger partial charge >= 0.3 is 0 Å². The molecule has 4 heteroatoms. The Hall–Kier alpha value is -0.160. The number of hydrogen-bond donors (Lipinski definition) is 1. The van der Waals surface area contributed by atoms with Crippen molar-refractivity contribution in [3.05, 3.63) is 0 Å². The number of unbranched alkanes of at least 4 members (excludes halogenated alkanes) is 2. The number of rotatable bonds is 7. The highest BCUT2D eigenvalue weighted by molar-refractivity contribution is 4.91. The summed E-state index contributed by atoms with van der Waals surface area (Å²) < 4.78 is 16.6. The number of ether oxygens (including phenoxy) is 3. The monoisotopic (exact) mass is 271 g/mol. The lowest BCUT2D eigenvalue weighted by Crippen LogP contribution is -2.50. The average molecular weight is 271 g/mol. The summed E-state index contributed by atoms with van der Waals surface area (Å²) in [7, 11) is 1.77. The summed E-state index contributed by atoms with van der Waals surface area (Å²) in [6.45, 7) is 4.65. The lowest BCUT2D eigenvalue weighted by atomic mass is 9.84. The molecule has 0 aromatic heterocycles. The maximum Gasteiger partial charge on any atom is 0.0741 e. The van der Waals surface area contributed by atoms with E-state index in [0.29, 0.717) is 6.04 Å². The number of methoxy groups -OCH3 is 1. The standard InChI is InChI=1S/C15H29NO3/c1-17-9-4-2-3-8-16-14-5-10-19-15(13-14)6-11-18-12-7-15/h14,16H,2-13H2,1H3. The van der Waals surface area contributed by atoms with Gasteiger partial charge in [-0.3, -0.25) is 0 Å². The minimum Gasteiger partial charge on any atom is -0.385 e. The van der Waals surface area contributed by atoms with Crippen LogP contribution in [-0.4, -0.2) is 51.7 Å². The third-order valence-electron chi connectivity index (χ3n) is 4.36. The molecule has 0 aromatic rings. The first-order valence-corrected chi connectivity index (χ1v) is 7.79. The van der Waals surface area contributed by atoms with E-state index < -0.39 is 0 Å². The second-order valence-electron chi connectivity index (χ2n) is 5.84. The van der Waals surface area contributed by atoms with Gasteiger partial charge in [0.25, 0.3) is 0 Å². The normalized spacial score (nSPS) is 26.7.